The van der Waals surface area contributed by atoms with E-state index < -0.39 is 0 Å². The van der Waals surface area contributed by atoms with Crippen LogP contribution in [0.4, 0.5) is 0 Å². The molecule has 1 aromatic heterocycles. The largest absolute Gasteiger partial charge is 0.497 e. The van der Waals surface area contributed by atoms with Crippen molar-refractivity contribution >= 4 is 11.3 Å². The third-order valence-electron chi connectivity index (χ3n) is 3.28. The Balaban J connectivity index is 2.22. The fourth-order valence-corrected chi connectivity index (χ4v) is 3.41. The molecule has 1 N–H and O–H groups in total. The number of ether oxygens (including phenoxy) is 1. The van der Waals surface area contributed by atoms with E-state index in [2.05, 4.69) is 43.2 Å². The van der Waals surface area contributed by atoms with Crippen molar-refractivity contribution in [2.75, 3.05) is 13.7 Å². The molecular weight excluding hydrogens is 268 g/mol. The average Bonchev–Trinajstić information content (AvgIpc) is 2.77. The molecule has 1 aromatic carbocycles. The van der Waals surface area contributed by atoms with Crippen molar-refractivity contribution in [3.05, 3.63) is 45.4 Å². The van der Waals surface area contributed by atoms with Crippen LogP contribution in [0.15, 0.2) is 24.3 Å². The quantitative estimate of drug-likeness (QED) is 0.881. The molecule has 1 atom stereocenters. The summed E-state index contributed by atoms with van der Waals surface area (Å²) in [5.41, 5.74) is 2.42. The number of nitrogens with zero attached hydrogens (tertiary/aromatic N) is 1. The van der Waals surface area contributed by atoms with Gasteiger partial charge in [0.1, 0.15) is 5.75 Å². The molecule has 3 nitrogen and oxygen atoms in total. The molecule has 1 unspecified atom stereocenters. The van der Waals surface area contributed by atoms with Gasteiger partial charge < -0.3 is 10.1 Å². The van der Waals surface area contributed by atoms with Gasteiger partial charge in [0, 0.05) is 10.9 Å². The zero-order chi connectivity index (χ0) is 14.5. The van der Waals surface area contributed by atoms with Gasteiger partial charge in [-0.1, -0.05) is 19.1 Å². The van der Waals surface area contributed by atoms with Gasteiger partial charge >= 0.3 is 0 Å². The molecular formula is C16H22N2OS. The van der Waals surface area contributed by atoms with Gasteiger partial charge in [-0.25, -0.2) is 4.98 Å². The highest BCUT2D eigenvalue weighted by molar-refractivity contribution is 7.11. The van der Waals surface area contributed by atoms with E-state index in [1.165, 1.54) is 10.4 Å². The lowest BCUT2D eigenvalue weighted by Crippen LogP contribution is -2.22. The maximum Gasteiger partial charge on any atom is 0.119 e. The molecule has 0 aliphatic rings. The minimum Gasteiger partial charge on any atom is -0.497 e. The molecule has 0 aliphatic heterocycles. The summed E-state index contributed by atoms with van der Waals surface area (Å²) < 4.78 is 5.30. The van der Waals surface area contributed by atoms with Crippen molar-refractivity contribution in [2.24, 2.45) is 0 Å². The topological polar surface area (TPSA) is 34.1 Å². The number of aryl methyl sites for hydroxylation is 2. The van der Waals surface area contributed by atoms with Crippen molar-refractivity contribution in [2.45, 2.75) is 33.2 Å². The second-order valence-corrected chi connectivity index (χ2v) is 6.08. The summed E-state index contributed by atoms with van der Waals surface area (Å²) in [5, 5.41) is 4.70. The van der Waals surface area contributed by atoms with E-state index in [0.29, 0.717) is 6.04 Å². The van der Waals surface area contributed by atoms with E-state index in [1.807, 2.05) is 12.1 Å². The molecule has 0 saturated heterocycles. The van der Waals surface area contributed by atoms with Gasteiger partial charge in [-0.15, -0.1) is 11.3 Å². The predicted molar refractivity (Wildman–Crippen MR) is 84.7 cm³/mol. The fourth-order valence-electron chi connectivity index (χ4n) is 2.41. The molecule has 0 amide bonds. The molecule has 0 radical (unpaired) electrons. The number of hydrogen-bond acceptors (Lipinski definition) is 4. The first-order chi connectivity index (χ1) is 9.63. The van der Waals surface area contributed by atoms with Gasteiger partial charge in [0.05, 0.1) is 17.8 Å². The van der Waals surface area contributed by atoms with E-state index >= 15 is 0 Å². The summed E-state index contributed by atoms with van der Waals surface area (Å²) >= 11 is 1.79. The maximum atomic E-state index is 5.30. The molecule has 4 heteroatoms. The van der Waals surface area contributed by atoms with E-state index in [0.717, 1.165) is 29.4 Å². The summed E-state index contributed by atoms with van der Waals surface area (Å²) in [6, 6.07) is 8.60. The molecule has 0 bridgehead atoms. The summed E-state index contributed by atoms with van der Waals surface area (Å²) in [6.07, 6.45) is 0.952. The number of methoxy groups -OCH3 is 1. The second kappa shape index (κ2) is 6.86. The third-order valence-corrected chi connectivity index (χ3v) is 4.47. The Hall–Kier alpha value is -1.39. The third kappa shape index (κ3) is 3.58. The SMILES string of the molecule is CCNC(Cc1cccc(OC)c1)c1sc(C)nc1C. The van der Waals surface area contributed by atoms with Crippen LogP contribution in [0.25, 0.3) is 0 Å². The normalized spacial score (nSPS) is 12.4. The van der Waals surface area contributed by atoms with Crippen LogP contribution in [-0.4, -0.2) is 18.6 Å². The Labute approximate surface area is 125 Å². The molecule has 2 aromatic rings. The predicted octanol–water partition coefficient (Wildman–Crippen LogP) is 3.66. The lowest BCUT2D eigenvalue weighted by atomic mass is 10.0. The van der Waals surface area contributed by atoms with Crippen LogP contribution in [-0.2, 0) is 6.42 Å². The molecule has 0 spiro atoms. The number of thiazole rings is 1. The zero-order valence-corrected chi connectivity index (χ0v) is 13.4. The first kappa shape index (κ1) is 15.0. The Morgan fingerprint density at radius 1 is 1.35 bits per heavy atom. The Morgan fingerprint density at radius 3 is 2.75 bits per heavy atom. The van der Waals surface area contributed by atoms with Crippen molar-refractivity contribution in [3.8, 4) is 5.75 Å². The Kier molecular flexibility index (Phi) is 5.15. The molecule has 1 heterocycles. The number of benzene rings is 1. The second-order valence-electron chi connectivity index (χ2n) is 4.85. The monoisotopic (exact) mass is 290 g/mol. The highest BCUT2D eigenvalue weighted by atomic mass is 32.1. The first-order valence-corrected chi connectivity index (χ1v) is 7.76. The van der Waals surface area contributed by atoms with Gasteiger partial charge in [-0.05, 0) is 44.5 Å². The van der Waals surface area contributed by atoms with E-state index in [1.54, 1.807) is 18.4 Å². The molecule has 0 fully saturated rings. The van der Waals surface area contributed by atoms with E-state index in [-0.39, 0.29) is 0 Å². The molecule has 0 saturated carbocycles. The Morgan fingerprint density at radius 2 is 2.15 bits per heavy atom. The smallest absolute Gasteiger partial charge is 0.119 e. The summed E-state index contributed by atoms with van der Waals surface area (Å²) in [4.78, 5) is 5.88. The molecule has 108 valence electrons. The van der Waals surface area contributed by atoms with Crippen LogP contribution in [0.2, 0.25) is 0 Å². The van der Waals surface area contributed by atoms with E-state index in [9.17, 15) is 0 Å². The number of nitrogens with one attached hydrogen (secondary N) is 1. The first-order valence-electron chi connectivity index (χ1n) is 6.94. The molecule has 0 aliphatic carbocycles. The van der Waals surface area contributed by atoms with Gasteiger partial charge in [-0.2, -0.15) is 0 Å². The van der Waals surface area contributed by atoms with Crippen LogP contribution in [0, 0.1) is 13.8 Å². The lowest BCUT2D eigenvalue weighted by Gasteiger charge is -2.17. The zero-order valence-electron chi connectivity index (χ0n) is 12.6. The Bertz CT molecular complexity index is 565. The molecule has 2 rings (SSSR count). The maximum absolute atomic E-state index is 5.30. The minimum absolute atomic E-state index is 0.318. The average molecular weight is 290 g/mol. The number of rotatable bonds is 6. The van der Waals surface area contributed by atoms with Gasteiger partial charge in [0.25, 0.3) is 0 Å². The van der Waals surface area contributed by atoms with Crippen molar-refractivity contribution < 1.29 is 4.74 Å². The number of likely N-dealkylation sites (N-methyl/N-ethyl adjacent to an activating group) is 1. The van der Waals surface area contributed by atoms with Crippen LogP contribution < -0.4 is 10.1 Å². The van der Waals surface area contributed by atoms with Crippen LogP contribution in [0.3, 0.4) is 0 Å². The number of aromatic nitrogens is 1. The highest BCUT2D eigenvalue weighted by Crippen LogP contribution is 2.28. The summed E-state index contributed by atoms with van der Waals surface area (Å²) in [5.74, 6) is 0.912. The van der Waals surface area contributed by atoms with Crippen molar-refractivity contribution in [3.63, 3.8) is 0 Å². The summed E-state index contributed by atoms with van der Waals surface area (Å²) in [7, 11) is 1.71. The van der Waals surface area contributed by atoms with Crippen LogP contribution >= 0.6 is 11.3 Å². The van der Waals surface area contributed by atoms with Gasteiger partial charge in [0.15, 0.2) is 0 Å². The van der Waals surface area contributed by atoms with Gasteiger partial charge in [-0.3, -0.25) is 0 Å². The van der Waals surface area contributed by atoms with Crippen LogP contribution in [0.5, 0.6) is 5.75 Å². The fraction of sp³-hybridized carbons (Fsp3) is 0.438. The number of hydrogen-bond donors (Lipinski definition) is 1. The van der Waals surface area contributed by atoms with E-state index in [4.69, 9.17) is 4.74 Å². The lowest BCUT2D eigenvalue weighted by molar-refractivity contribution is 0.414. The van der Waals surface area contributed by atoms with Crippen molar-refractivity contribution in [1.29, 1.82) is 0 Å². The van der Waals surface area contributed by atoms with Crippen molar-refractivity contribution in [1.82, 2.24) is 10.3 Å². The van der Waals surface area contributed by atoms with Gasteiger partial charge in [0.2, 0.25) is 0 Å². The minimum atomic E-state index is 0.318. The highest BCUT2D eigenvalue weighted by Gasteiger charge is 2.17. The van der Waals surface area contributed by atoms with Crippen LogP contribution in [0.1, 0.15) is 34.1 Å². The summed E-state index contributed by atoms with van der Waals surface area (Å²) in [6.45, 7) is 7.25. The standard InChI is InChI=1S/C16H22N2OS/c1-5-17-15(16-11(2)18-12(3)20-16)10-13-7-6-8-14(9-13)19-4/h6-9,15,17H,5,10H2,1-4H3. The molecule has 20 heavy (non-hydrogen) atoms.